The van der Waals surface area contributed by atoms with Crippen molar-refractivity contribution in [3.05, 3.63) is 47.4 Å². The van der Waals surface area contributed by atoms with Gasteiger partial charge in [0.15, 0.2) is 5.69 Å². The van der Waals surface area contributed by atoms with Crippen molar-refractivity contribution >= 4 is 5.91 Å². The molecule has 0 saturated carbocycles. The van der Waals surface area contributed by atoms with Gasteiger partial charge in [0, 0.05) is 24.2 Å². The predicted molar refractivity (Wildman–Crippen MR) is 64.9 cm³/mol. The largest absolute Gasteiger partial charge is 0.437 e. The number of aromatic nitrogens is 2. The fourth-order valence-electron chi connectivity index (χ4n) is 1.38. The zero-order valence-electron chi connectivity index (χ0n) is 9.84. The molecule has 7 heteroatoms. The Labute approximate surface area is 108 Å². The maximum absolute atomic E-state index is 13.5. The Kier molecular flexibility index (Phi) is 3.67. The van der Waals surface area contributed by atoms with Gasteiger partial charge in [0.2, 0.25) is 5.88 Å². The number of carbonyl (C=O) groups is 1. The Bertz CT molecular complexity index is 601. The van der Waals surface area contributed by atoms with Gasteiger partial charge in [-0.15, -0.1) is 10.2 Å². The van der Waals surface area contributed by atoms with Crippen LogP contribution < -0.4 is 16.2 Å². The molecule has 0 aliphatic rings. The van der Waals surface area contributed by atoms with E-state index in [1.54, 1.807) is 6.07 Å². The highest BCUT2D eigenvalue weighted by atomic mass is 19.1. The molecular weight excluding hydrogens is 251 g/mol. The Balaban J connectivity index is 2.16. The molecule has 0 saturated heterocycles. The van der Waals surface area contributed by atoms with Crippen molar-refractivity contribution in [1.82, 2.24) is 10.2 Å². The lowest BCUT2D eigenvalue weighted by atomic mass is 10.2. The zero-order valence-corrected chi connectivity index (χ0v) is 9.84. The molecule has 2 rings (SSSR count). The Hall–Kier alpha value is -2.54. The molecule has 4 N–H and O–H groups in total. The van der Waals surface area contributed by atoms with Crippen LogP contribution in [-0.4, -0.2) is 16.1 Å². The SMILES string of the molecule is NCc1ccc(Oc2ccc(C(N)=O)nn2)cc1F. The Morgan fingerprint density at radius 2 is 2.05 bits per heavy atom. The van der Waals surface area contributed by atoms with E-state index in [2.05, 4.69) is 10.2 Å². The van der Waals surface area contributed by atoms with Crippen LogP contribution in [-0.2, 0) is 6.54 Å². The zero-order chi connectivity index (χ0) is 13.8. The summed E-state index contributed by atoms with van der Waals surface area (Å²) in [5, 5.41) is 7.21. The number of carbonyl (C=O) groups excluding carboxylic acids is 1. The molecule has 1 amide bonds. The quantitative estimate of drug-likeness (QED) is 0.854. The van der Waals surface area contributed by atoms with Crippen LogP contribution in [0.5, 0.6) is 11.6 Å². The molecule has 2 aromatic rings. The first kappa shape index (κ1) is 12.9. The van der Waals surface area contributed by atoms with Crippen LogP contribution in [0.15, 0.2) is 30.3 Å². The van der Waals surface area contributed by atoms with Gasteiger partial charge < -0.3 is 16.2 Å². The van der Waals surface area contributed by atoms with Crippen molar-refractivity contribution < 1.29 is 13.9 Å². The third kappa shape index (κ3) is 3.02. The lowest BCUT2D eigenvalue weighted by Crippen LogP contribution is -2.13. The molecule has 1 aromatic carbocycles. The lowest BCUT2D eigenvalue weighted by molar-refractivity contribution is 0.0994. The standard InChI is InChI=1S/C12H11FN4O2/c13-9-5-8(2-1-7(9)6-14)19-11-4-3-10(12(15)18)16-17-11/h1-5H,6,14H2,(H2,15,18). The number of hydrogen-bond acceptors (Lipinski definition) is 5. The highest BCUT2D eigenvalue weighted by Crippen LogP contribution is 2.21. The molecule has 0 aliphatic carbocycles. The number of hydrogen-bond donors (Lipinski definition) is 2. The van der Waals surface area contributed by atoms with Crippen molar-refractivity contribution in [3.8, 4) is 11.6 Å². The molecule has 0 bridgehead atoms. The summed E-state index contributed by atoms with van der Waals surface area (Å²) in [4.78, 5) is 10.8. The van der Waals surface area contributed by atoms with E-state index in [1.165, 1.54) is 24.3 Å². The molecule has 0 atom stereocenters. The molecule has 0 spiro atoms. The second-order valence-electron chi connectivity index (χ2n) is 3.68. The Morgan fingerprint density at radius 1 is 1.26 bits per heavy atom. The van der Waals surface area contributed by atoms with Crippen LogP contribution in [0.3, 0.4) is 0 Å². The van der Waals surface area contributed by atoms with Gasteiger partial charge in [0.05, 0.1) is 0 Å². The summed E-state index contributed by atoms with van der Waals surface area (Å²) in [5.74, 6) is -0.750. The van der Waals surface area contributed by atoms with Gasteiger partial charge >= 0.3 is 0 Å². The highest BCUT2D eigenvalue weighted by Gasteiger charge is 2.06. The van der Waals surface area contributed by atoms with E-state index in [-0.39, 0.29) is 23.9 Å². The minimum Gasteiger partial charge on any atom is -0.437 e. The number of rotatable bonds is 4. The maximum Gasteiger partial charge on any atom is 0.269 e. The van der Waals surface area contributed by atoms with Crippen molar-refractivity contribution in [3.63, 3.8) is 0 Å². The minimum atomic E-state index is -0.683. The van der Waals surface area contributed by atoms with Gasteiger partial charge in [-0.1, -0.05) is 6.07 Å². The fourth-order valence-corrected chi connectivity index (χ4v) is 1.38. The number of nitrogens with two attached hydrogens (primary N) is 2. The van der Waals surface area contributed by atoms with E-state index in [9.17, 15) is 9.18 Å². The molecule has 0 fully saturated rings. The first-order chi connectivity index (χ1) is 9.10. The topological polar surface area (TPSA) is 104 Å². The normalized spacial score (nSPS) is 10.2. The van der Waals surface area contributed by atoms with Crippen molar-refractivity contribution in [2.45, 2.75) is 6.54 Å². The number of primary amides is 1. The third-order valence-electron chi connectivity index (χ3n) is 2.36. The first-order valence-electron chi connectivity index (χ1n) is 5.40. The molecule has 0 aliphatic heterocycles. The average molecular weight is 262 g/mol. The summed E-state index contributed by atoms with van der Waals surface area (Å²) in [7, 11) is 0. The molecule has 0 radical (unpaired) electrons. The van der Waals surface area contributed by atoms with E-state index in [1.807, 2.05) is 0 Å². The second kappa shape index (κ2) is 5.40. The number of nitrogens with zero attached hydrogens (tertiary/aromatic N) is 2. The van der Waals surface area contributed by atoms with Gasteiger partial charge in [-0.25, -0.2) is 4.39 Å². The first-order valence-corrected chi connectivity index (χ1v) is 5.40. The van der Waals surface area contributed by atoms with E-state index in [4.69, 9.17) is 16.2 Å². The second-order valence-corrected chi connectivity index (χ2v) is 3.68. The van der Waals surface area contributed by atoms with Crippen LogP contribution in [0.4, 0.5) is 4.39 Å². The summed E-state index contributed by atoms with van der Waals surface area (Å²) in [6, 6.07) is 7.08. The van der Waals surface area contributed by atoms with E-state index in [0.29, 0.717) is 5.56 Å². The van der Waals surface area contributed by atoms with Gasteiger partial charge in [0.25, 0.3) is 5.91 Å². The predicted octanol–water partition coefficient (Wildman–Crippen LogP) is 0.966. The van der Waals surface area contributed by atoms with E-state index >= 15 is 0 Å². The minimum absolute atomic E-state index is 0.0250. The van der Waals surface area contributed by atoms with Crippen LogP contribution >= 0.6 is 0 Å². The maximum atomic E-state index is 13.5. The van der Waals surface area contributed by atoms with Crippen LogP contribution in [0.1, 0.15) is 16.1 Å². The Morgan fingerprint density at radius 3 is 2.58 bits per heavy atom. The van der Waals surface area contributed by atoms with Crippen molar-refractivity contribution in [2.24, 2.45) is 11.5 Å². The number of benzene rings is 1. The summed E-state index contributed by atoms with van der Waals surface area (Å²) in [6.07, 6.45) is 0. The summed E-state index contributed by atoms with van der Waals surface area (Å²) < 4.78 is 18.8. The number of ether oxygens (including phenoxy) is 1. The van der Waals surface area contributed by atoms with Crippen LogP contribution in [0.25, 0.3) is 0 Å². The van der Waals surface area contributed by atoms with Gasteiger partial charge in [-0.05, 0) is 12.1 Å². The fraction of sp³-hybridized carbons (Fsp3) is 0.0833. The molecule has 6 nitrogen and oxygen atoms in total. The molecule has 1 heterocycles. The molecule has 98 valence electrons. The molecule has 19 heavy (non-hydrogen) atoms. The van der Waals surface area contributed by atoms with Gasteiger partial charge in [-0.2, -0.15) is 0 Å². The smallest absolute Gasteiger partial charge is 0.269 e. The number of halogens is 1. The van der Waals surface area contributed by atoms with Crippen molar-refractivity contribution in [2.75, 3.05) is 0 Å². The molecule has 1 aromatic heterocycles. The molecule has 0 unspecified atom stereocenters. The van der Waals surface area contributed by atoms with Crippen LogP contribution in [0.2, 0.25) is 0 Å². The number of amides is 1. The highest BCUT2D eigenvalue weighted by molar-refractivity contribution is 5.90. The average Bonchev–Trinajstić information content (AvgIpc) is 2.39. The van der Waals surface area contributed by atoms with Gasteiger partial charge in [-0.3, -0.25) is 4.79 Å². The summed E-state index contributed by atoms with van der Waals surface area (Å²) >= 11 is 0. The molecular formula is C12H11FN4O2. The van der Waals surface area contributed by atoms with E-state index in [0.717, 1.165) is 0 Å². The van der Waals surface area contributed by atoms with Crippen LogP contribution in [0, 0.1) is 5.82 Å². The monoisotopic (exact) mass is 262 g/mol. The van der Waals surface area contributed by atoms with E-state index < -0.39 is 11.7 Å². The summed E-state index contributed by atoms with van der Waals surface area (Å²) in [5.41, 5.74) is 10.8. The van der Waals surface area contributed by atoms with Gasteiger partial charge in [0.1, 0.15) is 11.6 Å². The van der Waals surface area contributed by atoms with Crippen molar-refractivity contribution in [1.29, 1.82) is 0 Å². The summed E-state index contributed by atoms with van der Waals surface area (Å²) in [6.45, 7) is 0.110. The lowest BCUT2D eigenvalue weighted by Gasteiger charge is -2.06. The third-order valence-corrected chi connectivity index (χ3v) is 2.36.